The van der Waals surface area contributed by atoms with Crippen molar-refractivity contribution in [3.05, 3.63) is 91.9 Å². The van der Waals surface area contributed by atoms with E-state index in [-0.39, 0.29) is 46.9 Å². The van der Waals surface area contributed by atoms with Crippen molar-refractivity contribution in [3.63, 3.8) is 0 Å². The summed E-state index contributed by atoms with van der Waals surface area (Å²) in [6.45, 7) is 2.57. The molecule has 0 spiro atoms. The molecule has 1 unspecified atom stereocenters. The number of nitriles is 1. The average molecular weight is 562 g/mol. The number of benzene rings is 2. The zero-order valence-corrected chi connectivity index (χ0v) is 22.6. The molecule has 0 saturated carbocycles. The zero-order valence-electron chi connectivity index (χ0n) is 22.6. The highest BCUT2D eigenvalue weighted by Crippen LogP contribution is 2.45. The summed E-state index contributed by atoms with van der Waals surface area (Å²) in [4.78, 5) is 54.1. The van der Waals surface area contributed by atoms with Crippen LogP contribution in [0.4, 0.5) is 11.4 Å². The predicted octanol–water partition coefficient (Wildman–Crippen LogP) is 2.27. The molecule has 0 aromatic heterocycles. The fourth-order valence-corrected chi connectivity index (χ4v) is 4.94. The number of hydrogen-bond acceptors (Lipinski definition) is 11. The molecule has 0 aliphatic carbocycles. The molecule has 13 nitrogen and oxygen atoms in total. The third-order valence-electron chi connectivity index (χ3n) is 6.95. The van der Waals surface area contributed by atoms with Crippen LogP contribution < -0.4 is 10.6 Å². The molecule has 1 saturated heterocycles. The molecule has 2 N–H and O–H groups in total. The number of methoxy groups -OCH3 is 2. The topological polar surface area (TPSA) is 178 Å². The van der Waals surface area contributed by atoms with E-state index in [9.17, 15) is 29.8 Å². The summed E-state index contributed by atoms with van der Waals surface area (Å²) in [7, 11) is 2.20. The fraction of sp³-hybridized carbons (Fsp3) is 0.286. The van der Waals surface area contributed by atoms with E-state index in [1.165, 1.54) is 17.9 Å². The van der Waals surface area contributed by atoms with Crippen molar-refractivity contribution in [1.29, 1.82) is 5.26 Å². The van der Waals surface area contributed by atoms with Gasteiger partial charge in [0, 0.05) is 24.7 Å². The number of allylic oxidation sites excluding steroid dienone is 1. The van der Waals surface area contributed by atoms with E-state index in [0.717, 1.165) is 25.2 Å². The number of carbonyl (C=O) groups excluding carboxylic acids is 3. The largest absolute Gasteiger partial charge is 0.466 e. The van der Waals surface area contributed by atoms with Gasteiger partial charge in [-0.15, -0.1) is 0 Å². The second kappa shape index (κ2) is 11.9. The molecule has 13 heteroatoms. The van der Waals surface area contributed by atoms with E-state index in [2.05, 4.69) is 0 Å². The van der Waals surface area contributed by atoms with Crippen molar-refractivity contribution in [2.45, 2.75) is 12.8 Å². The van der Waals surface area contributed by atoms with Crippen LogP contribution in [0.15, 0.2) is 65.1 Å². The zero-order chi connectivity index (χ0) is 29.8. The van der Waals surface area contributed by atoms with Gasteiger partial charge in [0.15, 0.2) is 0 Å². The summed E-state index contributed by atoms with van der Waals surface area (Å²) in [5, 5.41) is 22.4. The third-order valence-corrected chi connectivity index (χ3v) is 6.95. The standard InChI is InChI=1S/C28H27N5O8/c1-16-20(13-18(14-21(16)33(37)38)26(34)31-9-11-41-12-10-31)32-24(28(36)40-3)23(27(35)39-2)22(19(15-29)25(32)30)17-7-5-4-6-8-17/h4-8,13-14,22H,9-12,30H2,1-3H3. The highest BCUT2D eigenvalue weighted by Gasteiger charge is 2.44. The number of anilines is 1. The Morgan fingerprint density at radius 3 is 2.29 bits per heavy atom. The number of nitro groups is 1. The van der Waals surface area contributed by atoms with Gasteiger partial charge in [-0.3, -0.25) is 19.8 Å². The number of hydrogen-bond donors (Lipinski definition) is 1. The Bertz CT molecular complexity index is 1520. The molecule has 1 amide bonds. The maximum Gasteiger partial charge on any atom is 0.355 e. The highest BCUT2D eigenvalue weighted by molar-refractivity contribution is 6.07. The van der Waals surface area contributed by atoms with Gasteiger partial charge >= 0.3 is 11.9 Å². The van der Waals surface area contributed by atoms with Crippen LogP contribution in [0.5, 0.6) is 0 Å². The molecule has 0 bridgehead atoms. The molecule has 2 aromatic carbocycles. The minimum atomic E-state index is -1.12. The molecule has 2 aliphatic rings. The van der Waals surface area contributed by atoms with E-state index >= 15 is 0 Å². The molecule has 41 heavy (non-hydrogen) atoms. The average Bonchev–Trinajstić information content (AvgIpc) is 3.00. The lowest BCUT2D eigenvalue weighted by Gasteiger charge is -2.36. The van der Waals surface area contributed by atoms with E-state index in [1.54, 1.807) is 30.3 Å². The van der Waals surface area contributed by atoms with Crippen LogP contribution in [0.25, 0.3) is 0 Å². The van der Waals surface area contributed by atoms with Crippen molar-refractivity contribution >= 4 is 29.2 Å². The van der Waals surface area contributed by atoms with Crippen LogP contribution in [0, 0.1) is 28.4 Å². The lowest BCUT2D eigenvalue weighted by molar-refractivity contribution is -0.385. The van der Waals surface area contributed by atoms with Gasteiger partial charge in [0.25, 0.3) is 11.6 Å². The lowest BCUT2D eigenvalue weighted by Crippen LogP contribution is -2.42. The number of rotatable bonds is 6. The van der Waals surface area contributed by atoms with Crippen LogP contribution in [-0.2, 0) is 23.8 Å². The van der Waals surface area contributed by atoms with Gasteiger partial charge < -0.3 is 24.8 Å². The molecule has 2 aromatic rings. The second-order valence-electron chi connectivity index (χ2n) is 9.14. The molecular weight excluding hydrogens is 534 g/mol. The van der Waals surface area contributed by atoms with Crippen molar-refractivity contribution in [3.8, 4) is 6.07 Å². The SMILES string of the molecule is COC(=O)C1=C(C(=O)OC)N(c2cc(C(=O)N3CCOCC3)cc([N+](=O)[O-])c2C)C(N)=C(C#N)C1c1ccccc1. The smallest absolute Gasteiger partial charge is 0.355 e. The Hall–Kier alpha value is -5.22. The number of carbonyl (C=O) groups is 3. The number of nitro benzene ring substituents is 1. The molecule has 0 radical (unpaired) electrons. The molecule has 1 atom stereocenters. The molecule has 2 heterocycles. The number of nitrogens with two attached hydrogens (primary N) is 1. The number of ether oxygens (including phenoxy) is 3. The number of esters is 2. The predicted molar refractivity (Wildman–Crippen MR) is 144 cm³/mol. The normalized spacial score (nSPS) is 17.2. The van der Waals surface area contributed by atoms with Gasteiger partial charge in [-0.05, 0) is 18.6 Å². The first-order valence-electron chi connectivity index (χ1n) is 12.5. The maximum atomic E-state index is 13.4. The Morgan fingerprint density at radius 2 is 1.73 bits per heavy atom. The molecule has 212 valence electrons. The summed E-state index contributed by atoms with van der Waals surface area (Å²) in [5.41, 5.74) is 5.71. The minimum absolute atomic E-state index is 0.0255. The van der Waals surface area contributed by atoms with Crippen LogP contribution in [0.2, 0.25) is 0 Å². The van der Waals surface area contributed by atoms with Gasteiger partial charge in [-0.25, -0.2) is 9.59 Å². The van der Waals surface area contributed by atoms with Crippen molar-refractivity contribution < 1.29 is 33.5 Å². The first kappa shape index (κ1) is 28.8. The highest BCUT2D eigenvalue weighted by atomic mass is 16.6. The van der Waals surface area contributed by atoms with E-state index in [0.29, 0.717) is 18.8 Å². The van der Waals surface area contributed by atoms with Crippen molar-refractivity contribution in [2.24, 2.45) is 5.73 Å². The summed E-state index contributed by atoms with van der Waals surface area (Å²) in [5.74, 6) is -3.86. The quantitative estimate of drug-likeness (QED) is 0.311. The monoisotopic (exact) mass is 561 g/mol. The maximum absolute atomic E-state index is 13.4. The van der Waals surface area contributed by atoms with Crippen LogP contribution in [0.3, 0.4) is 0 Å². The Kier molecular flexibility index (Phi) is 8.34. The van der Waals surface area contributed by atoms with Gasteiger partial charge in [0.2, 0.25) is 0 Å². The number of amides is 1. The van der Waals surface area contributed by atoms with Crippen LogP contribution in [0.1, 0.15) is 27.4 Å². The summed E-state index contributed by atoms with van der Waals surface area (Å²) < 4.78 is 15.4. The number of nitrogens with zero attached hydrogens (tertiary/aromatic N) is 4. The number of morpholine rings is 1. The second-order valence-corrected chi connectivity index (χ2v) is 9.14. The Balaban J connectivity index is 2.06. The Labute approximate surface area is 235 Å². The van der Waals surface area contributed by atoms with Gasteiger partial charge in [-0.2, -0.15) is 5.26 Å². The molecule has 4 rings (SSSR count). The van der Waals surface area contributed by atoms with Crippen LogP contribution in [-0.4, -0.2) is 68.2 Å². The van der Waals surface area contributed by atoms with Gasteiger partial charge in [0.1, 0.15) is 11.5 Å². The molecule has 1 fully saturated rings. The first-order valence-corrected chi connectivity index (χ1v) is 12.5. The Morgan fingerprint density at radius 1 is 1.10 bits per heavy atom. The van der Waals surface area contributed by atoms with E-state index in [4.69, 9.17) is 19.9 Å². The first-order chi connectivity index (χ1) is 19.7. The molecule has 2 aliphatic heterocycles. The van der Waals surface area contributed by atoms with E-state index in [1.807, 2.05) is 6.07 Å². The van der Waals surface area contributed by atoms with Gasteiger partial charge in [-0.1, -0.05) is 30.3 Å². The van der Waals surface area contributed by atoms with E-state index < -0.39 is 40.1 Å². The lowest BCUT2D eigenvalue weighted by atomic mass is 9.80. The molecular formula is C28H27N5O8. The van der Waals surface area contributed by atoms with Crippen LogP contribution >= 0.6 is 0 Å². The summed E-state index contributed by atoms with van der Waals surface area (Å²) in [6.07, 6.45) is 0. The summed E-state index contributed by atoms with van der Waals surface area (Å²) >= 11 is 0. The summed E-state index contributed by atoms with van der Waals surface area (Å²) in [6, 6.07) is 12.9. The fourth-order valence-electron chi connectivity index (χ4n) is 4.94. The van der Waals surface area contributed by atoms with Crippen molar-refractivity contribution in [1.82, 2.24) is 4.90 Å². The van der Waals surface area contributed by atoms with Crippen molar-refractivity contribution in [2.75, 3.05) is 45.4 Å². The third kappa shape index (κ3) is 5.20. The van der Waals surface area contributed by atoms with Gasteiger partial charge in [0.05, 0.1) is 66.7 Å². The minimum Gasteiger partial charge on any atom is -0.466 e.